The van der Waals surface area contributed by atoms with Gasteiger partial charge >= 0.3 is 0 Å². The first-order valence-corrected chi connectivity index (χ1v) is 9.56. The molecule has 2 heterocycles. The predicted molar refractivity (Wildman–Crippen MR) is 92.9 cm³/mol. The summed E-state index contributed by atoms with van der Waals surface area (Å²) >= 11 is 1.69. The van der Waals surface area contributed by atoms with Crippen molar-refractivity contribution in [1.29, 1.82) is 0 Å². The number of carbonyl (C=O) groups is 2. The zero-order valence-electron chi connectivity index (χ0n) is 14.1. The second kappa shape index (κ2) is 7.04. The van der Waals surface area contributed by atoms with E-state index in [9.17, 15) is 9.59 Å². The monoisotopic (exact) mass is 334 g/mol. The molecule has 0 N–H and O–H groups in total. The van der Waals surface area contributed by atoms with E-state index in [1.807, 2.05) is 9.80 Å². The Morgan fingerprint density at radius 1 is 1.22 bits per heavy atom. The molecule has 2 aliphatic rings. The largest absolute Gasteiger partial charge is 0.341 e. The maximum atomic E-state index is 12.8. The van der Waals surface area contributed by atoms with Crippen LogP contribution in [0.25, 0.3) is 0 Å². The summed E-state index contributed by atoms with van der Waals surface area (Å²) in [6, 6.07) is 2.14. The minimum absolute atomic E-state index is 0.108. The van der Waals surface area contributed by atoms with Crippen molar-refractivity contribution < 1.29 is 9.59 Å². The Morgan fingerprint density at radius 3 is 2.70 bits per heavy atom. The topological polar surface area (TPSA) is 40.6 Å². The first kappa shape index (κ1) is 16.5. The van der Waals surface area contributed by atoms with Gasteiger partial charge in [-0.15, -0.1) is 11.3 Å². The number of hydrogen-bond acceptors (Lipinski definition) is 3. The zero-order chi connectivity index (χ0) is 16.4. The Bertz CT molecular complexity index is 596. The summed E-state index contributed by atoms with van der Waals surface area (Å²) in [5.74, 6) is 1.04. The summed E-state index contributed by atoms with van der Waals surface area (Å²) < 4.78 is 0. The van der Waals surface area contributed by atoms with Gasteiger partial charge in [0.05, 0.1) is 4.88 Å². The molecule has 4 nitrogen and oxygen atoms in total. The Kier molecular flexibility index (Phi) is 5.05. The maximum Gasteiger partial charge on any atom is 0.263 e. The highest BCUT2D eigenvalue weighted by Gasteiger charge is 2.26. The van der Waals surface area contributed by atoms with Gasteiger partial charge in [-0.3, -0.25) is 9.59 Å². The first-order valence-electron chi connectivity index (χ1n) is 8.74. The van der Waals surface area contributed by atoms with Gasteiger partial charge < -0.3 is 9.80 Å². The number of fused-ring (bicyclic) bond motifs is 1. The van der Waals surface area contributed by atoms with Gasteiger partial charge in [0.1, 0.15) is 0 Å². The molecule has 3 rings (SSSR count). The molecule has 1 aromatic rings. The lowest BCUT2D eigenvalue weighted by molar-refractivity contribution is -0.128. The highest BCUT2D eigenvalue weighted by molar-refractivity contribution is 7.14. The third kappa shape index (κ3) is 3.60. The number of hydrogen-bond donors (Lipinski definition) is 0. The molecule has 0 saturated carbocycles. The lowest BCUT2D eigenvalue weighted by atomic mass is 9.87. The molecule has 1 atom stereocenters. The fraction of sp³-hybridized carbons (Fsp3) is 0.667. The Labute approximate surface area is 142 Å². The molecular formula is C18H26N2O2S. The normalized spacial score (nSPS) is 21.7. The summed E-state index contributed by atoms with van der Waals surface area (Å²) in [6.45, 7) is 6.69. The lowest BCUT2D eigenvalue weighted by Gasteiger charge is -2.20. The quantitative estimate of drug-likeness (QED) is 0.834. The van der Waals surface area contributed by atoms with Crippen molar-refractivity contribution in [3.8, 4) is 0 Å². The zero-order valence-corrected chi connectivity index (χ0v) is 15.0. The number of amides is 2. The predicted octanol–water partition coefficient (Wildman–Crippen LogP) is 2.96. The Hall–Kier alpha value is -1.36. The van der Waals surface area contributed by atoms with Crippen LogP contribution < -0.4 is 0 Å². The van der Waals surface area contributed by atoms with Gasteiger partial charge in [-0.2, -0.15) is 0 Å². The van der Waals surface area contributed by atoms with Crippen LogP contribution in [0.5, 0.6) is 0 Å². The minimum Gasteiger partial charge on any atom is -0.341 e. The smallest absolute Gasteiger partial charge is 0.263 e. The van der Waals surface area contributed by atoms with E-state index >= 15 is 0 Å². The fourth-order valence-electron chi connectivity index (χ4n) is 3.64. The second-order valence-corrected chi connectivity index (χ2v) is 7.86. The standard InChI is InChI=1S/C18H26N2O2S/c1-3-14-5-6-16-15(11-14)12-17(23-16)18(22)20-8-4-7-19(9-10-20)13(2)21/h12,14H,3-11H2,1-2H3/t14-/m1/s1. The maximum absolute atomic E-state index is 12.8. The molecule has 1 aliphatic carbocycles. The van der Waals surface area contributed by atoms with Crippen LogP contribution in [-0.4, -0.2) is 47.8 Å². The van der Waals surface area contributed by atoms with Crippen molar-refractivity contribution >= 4 is 23.2 Å². The van der Waals surface area contributed by atoms with Crippen LogP contribution >= 0.6 is 11.3 Å². The highest BCUT2D eigenvalue weighted by Crippen LogP contribution is 2.34. The van der Waals surface area contributed by atoms with Crippen molar-refractivity contribution in [3.63, 3.8) is 0 Å². The molecule has 5 heteroatoms. The van der Waals surface area contributed by atoms with E-state index in [2.05, 4.69) is 13.0 Å². The van der Waals surface area contributed by atoms with Gasteiger partial charge in [0.2, 0.25) is 5.91 Å². The number of carbonyl (C=O) groups excluding carboxylic acids is 2. The third-order valence-corrected chi connectivity index (χ3v) is 6.43. The summed E-state index contributed by atoms with van der Waals surface area (Å²) in [4.78, 5) is 30.4. The van der Waals surface area contributed by atoms with Crippen molar-refractivity contribution in [2.75, 3.05) is 26.2 Å². The van der Waals surface area contributed by atoms with Gasteiger partial charge in [-0.25, -0.2) is 0 Å². The third-order valence-electron chi connectivity index (χ3n) is 5.20. The van der Waals surface area contributed by atoms with Crippen molar-refractivity contribution in [2.24, 2.45) is 5.92 Å². The van der Waals surface area contributed by atoms with Gasteiger partial charge in [-0.1, -0.05) is 13.3 Å². The molecule has 1 saturated heterocycles. The summed E-state index contributed by atoms with van der Waals surface area (Å²) in [5, 5.41) is 0. The van der Waals surface area contributed by atoms with Crippen LogP contribution in [0.15, 0.2) is 6.07 Å². The first-order chi connectivity index (χ1) is 11.1. The van der Waals surface area contributed by atoms with E-state index in [4.69, 9.17) is 0 Å². The molecule has 126 valence electrons. The van der Waals surface area contributed by atoms with Crippen LogP contribution in [0.4, 0.5) is 0 Å². The minimum atomic E-state index is 0.108. The molecule has 0 aromatic carbocycles. The fourth-order valence-corrected chi connectivity index (χ4v) is 4.82. The van der Waals surface area contributed by atoms with Gasteiger partial charge in [0, 0.05) is 38.0 Å². The molecule has 0 bridgehead atoms. The van der Waals surface area contributed by atoms with Gasteiger partial charge in [0.15, 0.2) is 0 Å². The summed E-state index contributed by atoms with van der Waals surface area (Å²) in [6.07, 6.45) is 5.62. The van der Waals surface area contributed by atoms with Crippen molar-refractivity contribution in [3.05, 3.63) is 21.4 Å². The molecule has 1 fully saturated rings. The number of aryl methyl sites for hydroxylation is 1. The van der Waals surface area contributed by atoms with Crippen LogP contribution in [-0.2, 0) is 17.6 Å². The van der Waals surface area contributed by atoms with Crippen molar-refractivity contribution in [2.45, 2.75) is 46.0 Å². The van der Waals surface area contributed by atoms with E-state index in [1.165, 1.54) is 23.3 Å². The number of thiophene rings is 1. The second-order valence-electron chi connectivity index (χ2n) is 6.73. The summed E-state index contributed by atoms with van der Waals surface area (Å²) in [7, 11) is 0. The summed E-state index contributed by atoms with van der Waals surface area (Å²) in [5.41, 5.74) is 1.40. The molecule has 1 aromatic heterocycles. The average Bonchev–Trinajstić information content (AvgIpc) is 2.81. The van der Waals surface area contributed by atoms with Gasteiger partial charge in [0.25, 0.3) is 5.91 Å². The molecule has 1 aliphatic heterocycles. The molecule has 2 amide bonds. The average molecular weight is 334 g/mol. The molecule has 0 radical (unpaired) electrons. The molecule has 23 heavy (non-hydrogen) atoms. The lowest BCUT2D eigenvalue weighted by Crippen LogP contribution is -2.36. The number of rotatable bonds is 2. The Balaban J connectivity index is 1.69. The van der Waals surface area contributed by atoms with E-state index in [0.717, 1.165) is 43.1 Å². The van der Waals surface area contributed by atoms with Gasteiger partial charge in [-0.05, 0) is 43.2 Å². The van der Waals surface area contributed by atoms with Crippen LogP contribution in [0.1, 0.15) is 53.2 Å². The van der Waals surface area contributed by atoms with E-state index < -0.39 is 0 Å². The number of nitrogens with zero attached hydrogens (tertiary/aromatic N) is 2. The van der Waals surface area contributed by atoms with Crippen LogP contribution in [0, 0.1) is 5.92 Å². The van der Waals surface area contributed by atoms with Crippen molar-refractivity contribution in [1.82, 2.24) is 9.80 Å². The molecule has 0 spiro atoms. The van der Waals surface area contributed by atoms with E-state index in [0.29, 0.717) is 13.1 Å². The van der Waals surface area contributed by atoms with E-state index in [1.54, 1.807) is 18.3 Å². The van der Waals surface area contributed by atoms with E-state index in [-0.39, 0.29) is 11.8 Å². The molecule has 0 unspecified atom stereocenters. The Morgan fingerprint density at radius 2 is 1.96 bits per heavy atom. The molecular weight excluding hydrogens is 308 g/mol. The van der Waals surface area contributed by atoms with Crippen LogP contribution in [0.3, 0.4) is 0 Å². The SMILES string of the molecule is CC[C@@H]1CCc2sc(C(=O)N3CCCN(C(C)=O)CC3)cc2C1. The van der Waals surface area contributed by atoms with Crippen LogP contribution in [0.2, 0.25) is 0 Å². The highest BCUT2D eigenvalue weighted by atomic mass is 32.1.